The molecule has 92 valence electrons. The second-order valence-corrected chi connectivity index (χ2v) is 6.94. The van der Waals surface area contributed by atoms with Crippen molar-refractivity contribution in [2.45, 2.75) is 43.6 Å². The lowest BCUT2D eigenvalue weighted by Crippen LogP contribution is -2.42. The Labute approximate surface area is 110 Å². The van der Waals surface area contributed by atoms with Crippen LogP contribution in [-0.2, 0) is 11.3 Å². The molecule has 1 heterocycles. The SMILES string of the molecule is CC(C)(Br)C(=O)N(Cc1ccccn1)C1CC1. The number of hydrogen-bond acceptors (Lipinski definition) is 2. The topological polar surface area (TPSA) is 33.2 Å². The van der Waals surface area contributed by atoms with E-state index in [0.29, 0.717) is 12.6 Å². The molecule has 1 aromatic rings. The van der Waals surface area contributed by atoms with Gasteiger partial charge in [-0.3, -0.25) is 9.78 Å². The summed E-state index contributed by atoms with van der Waals surface area (Å²) in [5.41, 5.74) is 0.949. The second kappa shape index (κ2) is 4.77. The van der Waals surface area contributed by atoms with E-state index in [4.69, 9.17) is 0 Å². The minimum Gasteiger partial charge on any atom is -0.333 e. The Morgan fingerprint density at radius 2 is 2.24 bits per heavy atom. The molecule has 4 heteroatoms. The molecule has 17 heavy (non-hydrogen) atoms. The van der Waals surface area contributed by atoms with Crippen LogP contribution < -0.4 is 0 Å². The van der Waals surface area contributed by atoms with Crippen molar-refractivity contribution >= 4 is 21.8 Å². The molecule has 2 rings (SSSR count). The summed E-state index contributed by atoms with van der Waals surface area (Å²) in [4.78, 5) is 18.5. The zero-order valence-corrected chi connectivity index (χ0v) is 11.8. The van der Waals surface area contributed by atoms with Crippen LogP contribution in [0.3, 0.4) is 0 Å². The van der Waals surface area contributed by atoms with Crippen molar-refractivity contribution in [2.75, 3.05) is 0 Å². The highest BCUT2D eigenvalue weighted by atomic mass is 79.9. The first kappa shape index (κ1) is 12.6. The van der Waals surface area contributed by atoms with Gasteiger partial charge in [0.15, 0.2) is 0 Å². The van der Waals surface area contributed by atoms with E-state index in [1.807, 2.05) is 36.9 Å². The molecular weight excluding hydrogens is 280 g/mol. The van der Waals surface area contributed by atoms with Crippen molar-refractivity contribution in [1.29, 1.82) is 0 Å². The lowest BCUT2D eigenvalue weighted by molar-refractivity contribution is -0.134. The maximum Gasteiger partial charge on any atom is 0.239 e. The molecule has 3 nitrogen and oxygen atoms in total. The van der Waals surface area contributed by atoms with Crippen molar-refractivity contribution < 1.29 is 4.79 Å². The lowest BCUT2D eigenvalue weighted by atomic mass is 10.1. The molecule has 0 aromatic carbocycles. The fourth-order valence-electron chi connectivity index (χ4n) is 1.76. The smallest absolute Gasteiger partial charge is 0.239 e. The number of halogens is 1. The second-order valence-electron chi connectivity index (χ2n) is 4.96. The third-order valence-corrected chi connectivity index (χ3v) is 3.15. The summed E-state index contributed by atoms with van der Waals surface area (Å²) in [7, 11) is 0. The molecule has 1 saturated carbocycles. The first-order valence-corrected chi connectivity index (χ1v) is 6.67. The Hall–Kier alpha value is -0.900. The number of rotatable bonds is 4. The van der Waals surface area contributed by atoms with E-state index >= 15 is 0 Å². The third-order valence-electron chi connectivity index (χ3n) is 2.82. The number of amides is 1. The van der Waals surface area contributed by atoms with Crippen LogP contribution in [0.5, 0.6) is 0 Å². The molecule has 1 aromatic heterocycles. The fourth-order valence-corrected chi connectivity index (χ4v) is 1.99. The van der Waals surface area contributed by atoms with E-state index in [1.165, 1.54) is 0 Å². The van der Waals surface area contributed by atoms with E-state index < -0.39 is 4.32 Å². The third kappa shape index (κ3) is 3.28. The lowest BCUT2D eigenvalue weighted by Gasteiger charge is -2.28. The van der Waals surface area contributed by atoms with Gasteiger partial charge < -0.3 is 4.90 Å². The highest BCUT2D eigenvalue weighted by Gasteiger charge is 2.38. The molecule has 0 atom stereocenters. The van der Waals surface area contributed by atoms with Crippen molar-refractivity contribution in [1.82, 2.24) is 9.88 Å². The molecule has 1 aliphatic rings. The molecule has 0 unspecified atom stereocenters. The van der Waals surface area contributed by atoms with Crippen LogP contribution in [0.15, 0.2) is 24.4 Å². The molecule has 1 fully saturated rings. The highest BCUT2D eigenvalue weighted by molar-refractivity contribution is 9.10. The monoisotopic (exact) mass is 296 g/mol. The molecule has 0 aliphatic heterocycles. The number of alkyl halides is 1. The molecule has 1 aliphatic carbocycles. The predicted octanol–water partition coefficient (Wildman–Crippen LogP) is 2.75. The van der Waals surface area contributed by atoms with Crippen molar-refractivity contribution in [3.8, 4) is 0 Å². The summed E-state index contributed by atoms with van der Waals surface area (Å²) in [6.07, 6.45) is 3.99. The zero-order chi connectivity index (χ0) is 12.5. The minimum atomic E-state index is -0.496. The van der Waals surface area contributed by atoms with Crippen LogP contribution in [0.4, 0.5) is 0 Å². The summed E-state index contributed by atoms with van der Waals surface area (Å²) < 4.78 is -0.496. The number of nitrogens with zero attached hydrogens (tertiary/aromatic N) is 2. The van der Waals surface area contributed by atoms with Gasteiger partial charge in [-0.25, -0.2) is 0 Å². The quantitative estimate of drug-likeness (QED) is 0.801. The fraction of sp³-hybridized carbons (Fsp3) is 0.538. The van der Waals surface area contributed by atoms with Gasteiger partial charge in [0.2, 0.25) is 5.91 Å². The van der Waals surface area contributed by atoms with Gasteiger partial charge in [0, 0.05) is 12.2 Å². The maximum atomic E-state index is 12.3. The average Bonchev–Trinajstić information content (AvgIpc) is 3.09. The van der Waals surface area contributed by atoms with Gasteiger partial charge in [-0.15, -0.1) is 0 Å². The van der Waals surface area contributed by atoms with Gasteiger partial charge in [0.1, 0.15) is 0 Å². The van der Waals surface area contributed by atoms with Crippen LogP contribution in [-0.4, -0.2) is 26.2 Å². The van der Waals surface area contributed by atoms with Gasteiger partial charge >= 0.3 is 0 Å². The number of hydrogen-bond donors (Lipinski definition) is 0. The van der Waals surface area contributed by atoms with E-state index in [-0.39, 0.29) is 5.91 Å². The van der Waals surface area contributed by atoms with Crippen molar-refractivity contribution in [3.05, 3.63) is 30.1 Å². The summed E-state index contributed by atoms with van der Waals surface area (Å²) in [5.74, 6) is 0.144. The van der Waals surface area contributed by atoms with Crippen molar-refractivity contribution in [3.63, 3.8) is 0 Å². The van der Waals surface area contributed by atoms with E-state index in [9.17, 15) is 4.79 Å². The summed E-state index contributed by atoms with van der Waals surface area (Å²) in [6, 6.07) is 6.21. The van der Waals surface area contributed by atoms with Gasteiger partial charge in [0.25, 0.3) is 0 Å². The molecule has 0 radical (unpaired) electrons. The number of pyridine rings is 1. The number of aromatic nitrogens is 1. The zero-order valence-electron chi connectivity index (χ0n) is 10.2. The van der Waals surface area contributed by atoms with Gasteiger partial charge in [-0.1, -0.05) is 22.0 Å². The van der Waals surface area contributed by atoms with Crippen LogP contribution >= 0.6 is 15.9 Å². The Morgan fingerprint density at radius 3 is 2.71 bits per heavy atom. The average molecular weight is 297 g/mol. The standard InChI is InChI=1S/C13H17BrN2O/c1-13(2,14)12(17)16(11-6-7-11)9-10-5-3-4-8-15-10/h3-5,8,11H,6-7,9H2,1-2H3. The summed E-state index contributed by atoms with van der Waals surface area (Å²) >= 11 is 3.44. The summed E-state index contributed by atoms with van der Waals surface area (Å²) in [6.45, 7) is 4.39. The van der Waals surface area contributed by atoms with E-state index in [2.05, 4.69) is 20.9 Å². The van der Waals surface area contributed by atoms with Crippen LogP contribution in [0.25, 0.3) is 0 Å². The van der Waals surface area contributed by atoms with Crippen LogP contribution in [0.1, 0.15) is 32.4 Å². The number of carbonyl (C=O) groups is 1. The molecule has 0 N–H and O–H groups in total. The molecule has 1 amide bonds. The maximum absolute atomic E-state index is 12.3. The van der Waals surface area contributed by atoms with E-state index in [1.54, 1.807) is 6.20 Å². The predicted molar refractivity (Wildman–Crippen MR) is 70.8 cm³/mol. The first-order valence-electron chi connectivity index (χ1n) is 5.88. The largest absolute Gasteiger partial charge is 0.333 e. The van der Waals surface area contributed by atoms with Crippen molar-refractivity contribution in [2.24, 2.45) is 0 Å². The Morgan fingerprint density at radius 1 is 1.53 bits per heavy atom. The normalized spacial score (nSPS) is 15.7. The summed E-state index contributed by atoms with van der Waals surface area (Å²) in [5, 5.41) is 0. The van der Waals surface area contributed by atoms with Crippen LogP contribution in [0, 0.1) is 0 Å². The minimum absolute atomic E-state index is 0.144. The molecular formula is C13H17BrN2O. The van der Waals surface area contributed by atoms with Gasteiger partial charge in [0.05, 0.1) is 16.6 Å². The Balaban J connectivity index is 2.11. The molecule has 0 bridgehead atoms. The van der Waals surface area contributed by atoms with E-state index in [0.717, 1.165) is 18.5 Å². The molecule has 0 spiro atoms. The Kier molecular flexibility index (Phi) is 3.52. The number of carbonyl (C=O) groups excluding carboxylic acids is 1. The highest BCUT2D eigenvalue weighted by Crippen LogP contribution is 2.32. The van der Waals surface area contributed by atoms with Gasteiger partial charge in [-0.05, 0) is 38.8 Å². The van der Waals surface area contributed by atoms with Crippen LogP contribution in [0.2, 0.25) is 0 Å². The molecule has 0 saturated heterocycles. The Bertz CT molecular complexity index is 396. The van der Waals surface area contributed by atoms with Gasteiger partial charge in [-0.2, -0.15) is 0 Å². The first-order chi connectivity index (χ1) is 7.98.